The van der Waals surface area contributed by atoms with Crippen molar-refractivity contribution >= 4 is 11.9 Å². The maximum absolute atomic E-state index is 12.4. The molecular formula is C15H28N2O3. The van der Waals surface area contributed by atoms with Crippen LogP contribution in [0.2, 0.25) is 0 Å². The minimum atomic E-state index is -0.836. The van der Waals surface area contributed by atoms with Crippen molar-refractivity contribution in [2.24, 2.45) is 17.8 Å². The van der Waals surface area contributed by atoms with E-state index < -0.39 is 11.9 Å². The third-order valence-corrected chi connectivity index (χ3v) is 3.90. The van der Waals surface area contributed by atoms with Crippen molar-refractivity contribution in [3.05, 3.63) is 0 Å². The zero-order valence-electron chi connectivity index (χ0n) is 13.1. The molecule has 0 aromatic heterocycles. The van der Waals surface area contributed by atoms with Crippen LogP contribution in [0.1, 0.15) is 34.1 Å². The maximum Gasteiger partial charge on any atom is 0.307 e. The molecule has 1 fully saturated rings. The van der Waals surface area contributed by atoms with Gasteiger partial charge < -0.3 is 14.9 Å². The lowest BCUT2D eigenvalue weighted by Crippen LogP contribution is -2.41. The predicted octanol–water partition coefficient (Wildman–Crippen LogP) is 1.53. The van der Waals surface area contributed by atoms with Crippen LogP contribution >= 0.6 is 0 Å². The molecule has 1 saturated carbocycles. The minimum Gasteiger partial charge on any atom is -0.481 e. The minimum absolute atomic E-state index is 0.0262. The van der Waals surface area contributed by atoms with E-state index in [0.29, 0.717) is 25.4 Å². The molecule has 1 amide bonds. The molecule has 0 spiro atoms. The van der Waals surface area contributed by atoms with E-state index in [0.717, 1.165) is 19.6 Å². The summed E-state index contributed by atoms with van der Waals surface area (Å²) >= 11 is 0. The van der Waals surface area contributed by atoms with Crippen molar-refractivity contribution in [3.8, 4) is 0 Å². The molecule has 0 saturated heterocycles. The Bertz CT molecular complexity index is 340. The Labute approximate surface area is 121 Å². The van der Waals surface area contributed by atoms with Crippen LogP contribution in [-0.4, -0.2) is 59.5 Å². The maximum atomic E-state index is 12.4. The number of nitrogens with zero attached hydrogens (tertiary/aromatic N) is 2. The summed E-state index contributed by atoms with van der Waals surface area (Å²) in [5.74, 6) is -1.15. The van der Waals surface area contributed by atoms with E-state index in [4.69, 9.17) is 5.11 Å². The Morgan fingerprint density at radius 3 is 2.15 bits per heavy atom. The second-order valence-electron chi connectivity index (χ2n) is 5.99. The Hall–Kier alpha value is -1.10. The van der Waals surface area contributed by atoms with E-state index in [2.05, 4.69) is 32.6 Å². The van der Waals surface area contributed by atoms with E-state index in [1.165, 1.54) is 0 Å². The highest BCUT2D eigenvalue weighted by atomic mass is 16.4. The molecule has 116 valence electrons. The van der Waals surface area contributed by atoms with Crippen LogP contribution in [0.25, 0.3) is 0 Å². The molecule has 0 aliphatic heterocycles. The summed E-state index contributed by atoms with van der Waals surface area (Å²) in [5.41, 5.74) is 0. The average molecular weight is 284 g/mol. The van der Waals surface area contributed by atoms with Crippen LogP contribution in [0.15, 0.2) is 0 Å². The molecule has 1 N–H and O–H groups in total. The number of carboxylic acids is 1. The van der Waals surface area contributed by atoms with Crippen LogP contribution in [0, 0.1) is 17.8 Å². The zero-order valence-corrected chi connectivity index (χ0v) is 13.1. The van der Waals surface area contributed by atoms with Crippen molar-refractivity contribution in [1.82, 2.24) is 9.80 Å². The number of hydrogen-bond acceptors (Lipinski definition) is 3. The summed E-state index contributed by atoms with van der Waals surface area (Å²) in [6, 6.07) is 0. The van der Waals surface area contributed by atoms with Gasteiger partial charge >= 0.3 is 5.97 Å². The highest BCUT2D eigenvalue weighted by molar-refractivity contribution is 5.89. The molecule has 1 rings (SSSR count). The van der Waals surface area contributed by atoms with Gasteiger partial charge in [-0.15, -0.1) is 0 Å². The largest absolute Gasteiger partial charge is 0.481 e. The third kappa shape index (κ3) is 4.78. The first-order chi connectivity index (χ1) is 9.40. The Balaban J connectivity index is 2.55. The summed E-state index contributed by atoms with van der Waals surface area (Å²) < 4.78 is 0. The van der Waals surface area contributed by atoms with Crippen molar-refractivity contribution in [3.63, 3.8) is 0 Å². The fourth-order valence-electron chi connectivity index (χ4n) is 2.51. The van der Waals surface area contributed by atoms with Gasteiger partial charge in [0.2, 0.25) is 5.91 Å². The fraction of sp³-hybridized carbons (Fsp3) is 0.867. The number of hydrogen-bond donors (Lipinski definition) is 1. The first-order valence-electron chi connectivity index (χ1n) is 7.64. The highest BCUT2D eigenvalue weighted by Crippen LogP contribution is 2.40. The number of likely N-dealkylation sites (N-methyl/N-ethyl adjacent to an activating group) is 1. The molecule has 0 unspecified atom stereocenters. The zero-order chi connectivity index (χ0) is 15.3. The lowest BCUT2D eigenvalue weighted by atomic mass is 10.2. The summed E-state index contributed by atoms with van der Waals surface area (Å²) in [6.45, 7) is 12.6. The van der Waals surface area contributed by atoms with Gasteiger partial charge in [-0.1, -0.05) is 27.7 Å². The monoisotopic (exact) mass is 284 g/mol. The molecule has 0 aromatic carbocycles. The predicted molar refractivity (Wildman–Crippen MR) is 78.4 cm³/mol. The number of rotatable bonds is 9. The third-order valence-electron chi connectivity index (χ3n) is 3.90. The van der Waals surface area contributed by atoms with Gasteiger partial charge in [0.15, 0.2) is 0 Å². The molecule has 20 heavy (non-hydrogen) atoms. The molecule has 0 bridgehead atoms. The van der Waals surface area contributed by atoms with Gasteiger partial charge in [0.05, 0.1) is 11.8 Å². The highest BCUT2D eigenvalue weighted by Gasteiger charge is 2.49. The molecule has 0 radical (unpaired) electrons. The molecule has 2 atom stereocenters. The molecule has 0 heterocycles. The first kappa shape index (κ1) is 17.0. The lowest BCUT2D eigenvalue weighted by Gasteiger charge is -2.28. The van der Waals surface area contributed by atoms with Gasteiger partial charge in [-0.3, -0.25) is 9.59 Å². The Kier molecular flexibility index (Phi) is 6.46. The second kappa shape index (κ2) is 7.62. The molecule has 5 heteroatoms. The summed E-state index contributed by atoms with van der Waals surface area (Å²) in [5, 5.41) is 8.95. The fourth-order valence-corrected chi connectivity index (χ4v) is 2.51. The van der Waals surface area contributed by atoms with E-state index >= 15 is 0 Å². The molecule has 5 nitrogen and oxygen atoms in total. The van der Waals surface area contributed by atoms with Crippen LogP contribution in [0.3, 0.4) is 0 Å². The van der Waals surface area contributed by atoms with Crippen LogP contribution < -0.4 is 0 Å². The van der Waals surface area contributed by atoms with E-state index in [1.807, 2.05) is 4.90 Å². The summed E-state index contributed by atoms with van der Waals surface area (Å²) in [4.78, 5) is 27.4. The number of aliphatic carboxylic acids is 1. The smallest absolute Gasteiger partial charge is 0.307 e. The number of carbonyl (C=O) groups excluding carboxylic acids is 1. The van der Waals surface area contributed by atoms with Gasteiger partial charge in [-0.25, -0.2) is 0 Å². The Morgan fingerprint density at radius 1 is 1.15 bits per heavy atom. The number of amides is 1. The second-order valence-corrected chi connectivity index (χ2v) is 5.99. The van der Waals surface area contributed by atoms with Crippen molar-refractivity contribution < 1.29 is 14.7 Å². The molecule has 1 aliphatic carbocycles. The van der Waals surface area contributed by atoms with Crippen LogP contribution in [0.4, 0.5) is 0 Å². The molecule has 0 aromatic rings. The SMILES string of the molecule is CCN(CC)CCN(CC(C)C)C(=O)[C@@H]1C[C@@H]1C(=O)O. The Morgan fingerprint density at radius 2 is 1.75 bits per heavy atom. The molecule has 1 aliphatic rings. The van der Waals surface area contributed by atoms with E-state index in [9.17, 15) is 9.59 Å². The normalized spacial score (nSPS) is 21.3. The quantitative estimate of drug-likeness (QED) is 0.697. The number of carbonyl (C=O) groups is 2. The van der Waals surface area contributed by atoms with Crippen LogP contribution in [0.5, 0.6) is 0 Å². The first-order valence-corrected chi connectivity index (χ1v) is 7.64. The van der Waals surface area contributed by atoms with Gasteiger partial charge in [-0.2, -0.15) is 0 Å². The summed E-state index contributed by atoms with van der Waals surface area (Å²) in [7, 11) is 0. The number of carboxylic acid groups (broad SMARTS) is 1. The molecular weight excluding hydrogens is 256 g/mol. The van der Waals surface area contributed by atoms with Crippen LogP contribution in [-0.2, 0) is 9.59 Å². The van der Waals surface area contributed by atoms with Crippen molar-refractivity contribution in [2.75, 3.05) is 32.7 Å². The van der Waals surface area contributed by atoms with Gasteiger partial charge in [0, 0.05) is 19.6 Å². The van der Waals surface area contributed by atoms with Gasteiger partial charge in [0.25, 0.3) is 0 Å². The van der Waals surface area contributed by atoms with E-state index in [1.54, 1.807) is 0 Å². The van der Waals surface area contributed by atoms with Crippen molar-refractivity contribution in [2.45, 2.75) is 34.1 Å². The average Bonchev–Trinajstić information content (AvgIpc) is 3.17. The topological polar surface area (TPSA) is 60.9 Å². The standard InChI is InChI=1S/C15H28N2O3/c1-5-16(6-2)7-8-17(10-11(3)4)14(18)12-9-13(12)15(19)20/h11-13H,5-10H2,1-4H3,(H,19,20)/t12-,13+/m1/s1. The lowest BCUT2D eigenvalue weighted by molar-refractivity contribution is -0.142. The van der Waals surface area contributed by atoms with E-state index in [-0.39, 0.29) is 11.8 Å². The van der Waals surface area contributed by atoms with Crippen molar-refractivity contribution in [1.29, 1.82) is 0 Å². The van der Waals surface area contributed by atoms with Gasteiger partial charge in [-0.05, 0) is 25.4 Å². The summed E-state index contributed by atoms with van der Waals surface area (Å²) in [6.07, 6.45) is 0.508. The van der Waals surface area contributed by atoms with Gasteiger partial charge in [0.1, 0.15) is 0 Å².